The lowest BCUT2D eigenvalue weighted by Crippen LogP contribution is -2.39. The molecule has 0 aliphatic heterocycles. The second-order valence-corrected chi connectivity index (χ2v) is 6.15. The number of rotatable bonds is 11. The van der Waals surface area contributed by atoms with Crippen LogP contribution in [0, 0.1) is 22.7 Å². The van der Waals surface area contributed by atoms with Crippen LogP contribution in [0.2, 0.25) is 0 Å². The number of nitrogens with zero attached hydrogens (tertiary/aromatic N) is 1. The maximum Gasteiger partial charge on any atom is 0.320 e. The Kier molecular flexibility index (Phi) is 14.9. The van der Waals surface area contributed by atoms with Crippen molar-refractivity contribution < 1.29 is 28.7 Å². The molecule has 0 saturated heterocycles. The van der Waals surface area contributed by atoms with E-state index in [0.29, 0.717) is 25.9 Å². The second-order valence-electron chi connectivity index (χ2n) is 6.15. The number of Topliss-reactive ketones (excluding diaryl/α,β-unsaturated/α-hetero) is 2. The van der Waals surface area contributed by atoms with Gasteiger partial charge in [0.1, 0.15) is 22.9 Å². The maximum atomic E-state index is 11.7. The van der Waals surface area contributed by atoms with Gasteiger partial charge >= 0.3 is 11.9 Å². The van der Waals surface area contributed by atoms with Crippen LogP contribution in [0.3, 0.4) is 0 Å². The van der Waals surface area contributed by atoms with Gasteiger partial charge < -0.3 is 9.47 Å². The van der Waals surface area contributed by atoms with Gasteiger partial charge in [-0.2, -0.15) is 5.26 Å². The fourth-order valence-electron chi connectivity index (χ4n) is 2.56. The Bertz CT molecular complexity index is 537. The zero-order chi connectivity index (χ0) is 21.5. The van der Waals surface area contributed by atoms with Crippen LogP contribution in [0.1, 0.15) is 73.6 Å². The summed E-state index contributed by atoms with van der Waals surface area (Å²) in [5.41, 5.74) is -1.25. The number of esters is 2. The average Bonchev–Trinajstić information content (AvgIpc) is 2.59. The normalized spacial score (nSPS) is 13.1. The van der Waals surface area contributed by atoms with Crippen molar-refractivity contribution >= 4 is 23.5 Å². The number of ketones is 2. The molecule has 0 aromatic heterocycles. The van der Waals surface area contributed by atoms with Gasteiger partial charge in [-0.05, 0) is 40.5 Å². The maximum absolute atomic E-state index is 11.7. The van der Waals surface area contributed by atoms with E-state index in [9.17, 15) is 19.2 Å². The van der Waals surface area contributed by atoms with E-state index in [1.807, 2.05) is 19.9 Å². The average molecular weight is 383 g/mol. The fraction of sp³-hybridized carbons (Fsp3) is 0.750. The summed E-state index contributed by atoms with van der Waals surface area (Å²) >= 11 is 0. The van der Waals surface area contributed by atoms with Gasteiger partial charge in [-0.1, -0.05) is 26.7 Å². The number of carbonyl (C=O) groups is 4. The standard InChI is InChI=1S/C11H17NO3.C9H16O3/c1-4-6-11(7-8-12,9(3)13)10(14)15-5-2;1-4-6-8(7(3)10)9(11)12-5-2/h4-7H2,1-3H3;8H,4-6H2,1-3H3. The van der Waals surface area contributed by atoms with Crippen molar-refractivity contribution in [1.29, 1.82) is 5.26 Å². The molecule has 2 unspecified atom stereocenters. The van der Waals surface area contributed by atoms with Gasteiger partial charge in [0.25, 0.3) is 0 Å². The highest BCUT2D eigenvalue weighted by atomic mass is 16.5. The molecule has 0 saturated carbocycles. The quantitative estimate of drug-likeness (QED) is 0.397. The first kappa shape index (κ1) is 27.0. The van der Waals surface area contributed by atoms with Crippen molar-refractivity contribution in [2.24, 2.45) is 11.3 Å². The van der Waals surface area contributed by atoms with E-state index in [-0.39, 0.29) is 30.6 Å². The zero-order valence-corrected chi connectivity index (χ0v) is 17.4. The van der Waals surface area contributed by atoms with E-state index in [1.165, 1.54) is 13.8 Å². The highest BCUT2D eigenvalue weighted by molar-refractivity contribution is 6.03. The van der Waals surface area contributed by atoms with Gasteiger partial charge in [0.05, 0.1) is 25.7 Å². The van der Waals surface area contributed by atoms with Crippen molar-refractivity contribution in [3.05, 3.63) is 0 Å². The molecule has 7 heteroatoms. The Hall–Kier alpha value is -2.23. The number of hydrogen-bond acceptors (Lipinski definition) is 7. The van der Waals surface area contributed by atoms with E-state index in [1.54, 1.807) is 13.8 Å². The molecule has 0 aromatic carbocycles. The largest absolute Gasteiger partial charge is 0.465 e. The highest BCUT2D eigenvalue weighted by Gasteiger charge is 2.43. The molecule has 0 radical (unpaired) electrons. The summed E-state index contributed by atoms with van der Waals surface area (Å²) in [4.78, 5) is 45.3. The van der Waals surface area contributed by atoms with Crippen molar-refractivity contribution in [2.45, 2.75) is 73.6 Å². The van der Waals surface area contributed by atoms with E-state index in [2.05, 4.69) is 0 Å². The third-order valence-corrected chi connectivity index (χ3v) is 4.04. The molecule has 0 heterocycles. The summed E-state index contributed by atoms with van der Waals surface area (Å²) in [7, 11) is 0. The summed E-state index contributed by atoms with van der Waals surface area (Å²) in [6.45, 7) is 10.6. The van der Waals surface area contributed by atoms with Gasteiger partial charge in [0, 0.05) is 0 Å². The van der Waals surface area contributed by atoms with Crippen LogP contribution in [0.4, 0.5) is 0 Å². The van der Waals surface area contributed by atoms with Crippen LogP contribution in [0.5, 0.6) is 0 Å². The first-order chi connectivity index (χ1) is 12.7. The number of hydrogen-bond donors (Lipinski definition) is 0. The highest BCUT2D eigenvalue weighted by Crippen LogP contribution is 2.31. The lowest BCUT2D eigenvalue weighted by atomic mass is 9.77. The third-order valence-electron chi connectivity index (χ3n) is 4.04. The molecule has 0 spiro atoms. The molecule has 0 N–H and O–H groups in total. The van der Waals surface area contributed by atoms with E-state index < -0.39 is 17.3 Å². The number of carbonyl (C=O) groups excluding carboxylic acids is 4. The Morgan fingerprint density at radius 1 is 0.963 bits per heavy atom. The molecule has 2 atom stereocenters. The lowest BCUT2D eigenvalue weighted by Gasteiger charge is -2.25. The monoisotopic (exact) mass is 383 g/mol. The van der Waals surface area contributed by atoms with Crippen LogP contribution in [0.15, 0.2) is 0 Å². The van der Waals surface area contributed by atoms with Crippen LogP contribution in [-0.4, -0.2) is 36.7 Å². The van der Waals surface area contributed by atoms with Gasteiger partial charge in [0.15, 0.2) is 0 Å². The van der Waals surface area contributed by atoms with E-state index >= 15 is 0 Å². The van der Waals surface area contributed by atoms with Crippen molar-refractivity contribution in [3.63, 3.8) is 0 Å². The molecular formula is C20H33NO6. The third kappa shape index (κ3) is 9.32. The van der Waals surface area contributed by atoms with E-state index in [4.69, 9.17) is 14.7 Å². The topological polar surface area (TPSA) is 111 Å². The summed E-state index contributed by atoms with van der Waals surface area (Å²) in [6.07, 6.45) is 2.35. The van der Waals surface area contributed by atoms with Gasteiger partial charge in [-0.25, -0.2) is 0 Å². The SMILES string of the molecule is CCCC(C(C)=O)C(=O)OCC.CCCC(CC#N)(C(C)=O)C(=O)OCC. The van der Waals surface area contributed by atoms with Gasteiger partial charge in [-0.3, -0.25) is 19.2 Å². The summed E-state index contributed by atoms with van der Waals surface area (Å²) < 4.78 is 9.62. The van der Waals surface area contributed by atoms with Crippen molar-refractivity contribution in [3.8, 4) is 6.07 Å². The molecule has 0 rings (SSSR count). The summed E-state index contributed by atoms with van der Waals surface area (Å²) in [6, 6.07) is 1.89. The molecule has 0 aliphatic rings. The predicted octanol–water partition coefficient (Wildman–Crippen LogP) is 3.39. The molecule has 0 fully saturated rings. The van der Waals surface area contributed by atoms with Crippen LogP contribution < -0.4 is 0 Å². The minimum absolute atomic E-state index is 0.102. The number of nitriles is 1. The minimum atomic E-state index is -1.25. The lowest BCUT2D eigenvalue weighted by molar-refractivity contribution is -0.160. The van der Waals surface area contributed by atoms with Crippen molar-refractivity contribution in [2.75, 3.05) is 13.2 Å². The van der Waals surface area contributed by atoms with Crippen LogP contribution >= 0.6 is 0 Å². The van der Waals surface area contributed by atoms with Gasteiger partial charge in [-0.15, -0.1) is 0 Å². The molecule has 7 nitrogen and oxygen atoms in total. The Morgan fingerprint density at radius 2 is 1.52 bits per heavy atom. The Morgan fingerprint density at radius 3 is 1.85 bits per heavy atom. The van der Waals surface area contributed by atoms with E-state index in [0.717, 1.165) is 6.42 Å². The molecule has 0 aliphatic carbocycles. The second kappa shape index (κ2) is 14.9. The fourth-order valence-corrected chi connectivity index (χ4v) is 2.56. The Labute approximate surface area is 162 Å². The molecule has 154 valence electrons. The molecule has 0 aromatic rings. The van der Waals surface area contributed by atoms with Crippen molar-refractivity contribution in [1.82, 2.24) is 0 Å². The van der Waals surface area contributed by atoms with Gasteiger partial charge in [0.2, 0.25) is 0 Å². The molecule has 0 amide bonds. The molecule has 0 bridgehead atoms. The first-order valence-corrected chi connectivity index (χ1v) is 9.40. The zero-order valence-electron chi connectivity index (χ0n) is 17.4. The summed E-state index contributed by atoms with van der Waals surface area (Å²) in [5.74, 6) is -1.89. The molecule has 27 heavy (non-hydrogen) atoms. The van der Waals surface area contributed by atoms with Crippen LogP contribution in [0.25, 0.3) is 0 Å². The first-order valence-electron chi connectivity index (χ1n) is 9.40. The smallest absolute Gasteiger partial charge is 0.320 e. The number of ether oxygens (including phenoxy) is 2. The molecular weight excluding hydrogens is 350 g/mol. The Balaban J connectivity index is 0. The predicted molar refractivity (Wildman–Crippen MR) is 101 cm³/mol. The summed E-state index contributed by atoms with van der Waals surface area (Å²) in [5, 5.41) is 8.68. The van der Waals surface area contributed by atoms with Crippen LogP contribution in [-0.2, 0) is 28.7 Å². The minimum Gasteiger partial charge on any atom is -0.465 e.